The average molecular weight is 272 g/mol. The van der Waals surface area contributed by atoms with E-state index < -0.39 is 11.9 Å². The third-order valence-corrected chi connectivity index (χ3v) is 2.38. The normalized spacial score (nSPS) is 9.65. The average Bonchev–Trinajstić information content (AvgIpc) is 2.27. The molecule has 0 spiro atoms. The van der Waals surface area contributed by atoms with Crippen molar-refractivity contribution in [3.63, 3.8) is 0 Å². The largest absolute Gasteiger partial charge is 0.478 e. The molecule has 2 aromatic carbocycles. The number of hydrogen-bond acceptors (Lipinski definition) is 2. The topological polar surface area (TPSA) is 74.6 Å². The number of fused-ring (bicyclic) bond motifs is 1. The van der Waals surface area contributed by atoms with Crippen molar-refractivity contribution < 1.29 is 36.9 Å². The quantitative estimate of drug-likeness (QED) is 0.822. The maximum absolute atomic E-state index is 10.9. The number of carbonyl (C=O) groups is 2. The van der Waals surface area contributed by atoms with Crippen LogP contribution >= 0.6 is 0 Å². The number of hydrogen-bond donors (Lipinski definition) is 2. The van der Waals surface area contributed by atoms with Gasteiger partial charge in [0.05, 0.1) is 11.1 Å². The number of rotatable bonds is 2. The molecule has 0 radical (unpaired) electrons. The Labute approximate surface area is 107 Å². The van der Waals surface area contributed by atoms with Crippen molar-refractivity contribution in [3.05, 3.63) is 47.5 Å². The summed E-state index contributed by atoms with van der Waals surface area (Å²) in [6.07, 6.45) is 0. The van der Waals surface area contributed by atoms with E-state index in [0.717, 1.165) is 0 Å². The van der Waals surface area contributed by atoms with Crippen molar-refractivity contribution in [1.29, 1.82) is 0 Å². The van der Waals surface area contributed by atoms with Gasteiger partial charge >= 0.3 is 11.9 Å². The Balaban J connectivity index is 0.00000144. The second-order valence-corrected chi connectivity index (χ2v) is 3.32. The third kappa shape index (κ3) is 2.30. The molecule has 0 bridgehead atoms. The van der Waals surface area contributed by atoms with Crippen LogP contribution in [-0.2, 0) is 17.1 Å². The molecule has 2 N–H and O–H groups in total. The minimum Gasteiger partial charge on any atom is -0.478 e. The van der Waals surface area contributed by atoms with Crippen molar-refractivity contribution in [2.75, 3.05) is 0 Å². The van der Waals surface area contributed by atoms with E-state index in [0.29, 0.717) is 10.8 Å². The fraction of sp³-hybridized carbons (Fsp3) is 0. The van der Waals surface area contributed by atoms with Crippen molar-refractivity contribution in [3.8, 4) is 0 Å². The molecule has 0 amide bonds. The van der Waals surface area contributed by atoms with Gasteiger partial charge in [0.2, 0.25) is 0 Å². The monoisotopic (exact) mass is 272 g/mol. The van der Waals surface area contributed by atoms with E-state index in [1.54, 1.807) is 12.1 Å². The van der Waals surface area contributed by atoms with Crippen molar-refractivity contribution >= 4 is 22.7 Å². The first-order valence-electron chi connectivity index (χ1n) is 4.59. The molecule has 0 unspecified atom stereocenters. The maximum atomic E-state index is 10.9. The summed E-state index contributed by atoms with van der Waals surface area (Å²) in [7, 11) is 0. The van der Waals surface area contributed by atoms with Crippen LogP contribution in [0, 0.1) is 0 Å². The van der Waals surface area contributed by atoms with Crippen molar-refractivity contribution in [2.24, 2.45) is 0 Å². The molecule has 0 atom stereocenters. The minimum atomic E-state index is -1.06. The van der Waals surface area contributed by atoms with Crippen LogP contribution in [0.4, 0.5) is 0 Å². The summed E-state index contributed by atoms with van der Waals surface area (Å²) in [5.74, 6) is -2.12. The van der Waals surface area contributed by atoms with E-state index in [1.807, 2.05) is 0 Å². The van der Waals surface area contributed by atoms with E-state index >= 15 is 0 Å². The zero-order valence-electron chi connectivity index (χ0n) is 8.53. The standard InChI is InChI=1S/C12H8O4.Fe/c13-11(14)9-5-1-3-7-8(9)4-2-6-10(7)12(15)16;/h1-6H,(H,13,14)(H,15,16);. The van der Waals surface area contributed by atoms with Crippen LogP contribution < -0.4 is 0 Å². The van der Waals surface area contributed by atoms with E-state index in [2.05, 4.69) is 0 Å². The van der Waals surface area contributed by atoms with Gasteiger partial charge in [-0.1, -0.05) is 24.3 Å². The number of carboxylic acids is 2. The molecule has 4 nitrogen and oxygen atoms in total. The Morgan fingerprint density at radius 3 is 1.41 bits per heavy atom. The van der Waals surface area contributed by atoms with E-state index in [1.165, 1.54) is 24.3 Å². The van der Waals surface area contributed by atoms with E-state index in [4.69, 9.17) is 10.2 Å². The Morgan fingerprint density at radius 1 is 0.765 bits per heavy atom. The first-order valence-corrected chi connectivity index (χ1v) is 4.59. The fourth-order valence-corrected chi connectivity index (χ4v) is 1.68. The zero-order valence-corrected chi connectivity index (χ0v) is 9.63. The van der Waals surface area contributed by atoms with E-state index in [9.17, 15) is 9.59 Å². The first-order chi connectivity index (χ1) is 7.61. The molecular weight excluding hydrogens is 264 g/mol. The van der Waals surface area contributed by atoms with Gasteiger partial charge in [-0.25, -0.2) is 9.59 Å². The van der Waals surface area contributed by atoms with Gasteiger partial charge in [-0.3, -0.25) is 0 Å². The van der Waals surface area contributed by atoms with Crippen LogP contribution in [0.1, 0.15) is 20.7 Å². The van der Waals surface area contributed by atoms with Gasteiger partial charge in [-0.05, 0) is 22.9 Å². The fourth-order valence-electron chi connectivity index (χ4n) is 1.68. The van der Waals surface area contributed by atoms with Crippen LogP contribution in [0.25, 0.3) is 10.8 Å². The minimum absolute atomic E-state index is 0. The molecule has 5 heteroatoms. The summed E-state index contributed by atoms with van der Waals surface area (Å²) >= 11 is 0. The molecular formula is C12H8FeO4. The zero-order chi connectivity index (χ0) is 11.7. The molecule has 0 aliphatic carbocycles. The molecule has 2 rings (SSSR count). The van der Waals surface area contributed by atoms with Gasteiger partial charge in [0.15, 0.2) is 0 Å². The summed E-state index contributed by atoms with van der Waals surface area (Å²) in [6, 6.07) is 9.19. The van der Waals surface area contributed by atoms with Crippen LogP contribution in [0.3, 0.4) is 0 Å². The Bertz CT molecular complexity index is 539. The van der Waals surface area contributed by atoms with Gasteiger partial charge in [0, 0.05) is 17.1 Å². The smallest absolute Gasteiger partial charge is 0.336 e. The third-order valence-electron chi connectivity index (χ3n) is 2.38. The van der Waals surface area contributed by atoms with E-state index in [-0.39, 0.29) is 28.2 Å². The molecule has 0 saturated carbocycles. The number of aromatic carboxylic acids is 2. The van der Waals surface area contributed by atoms with Gasteiger partial charge in [0.25, 0.3) is 0 Å². The summed E-state index contributed by atoms with van der Waals surface area (Å²) < 4.78 is 0. The first kappa shape index (κ1) is 13.2. The van der Waals surface area contributed by atoms with Gasteiger partial charge in [-0.15, -0.1) is 0 Å². The molecule has 2 aromatic rings. The number of benzene rings is 2. The van der Waals surface area contributed by atoms with Crippen LogP contribution in [-0.4, -0.2) is 22.2 Å². The molecule has 17 heavy (non-hydrogen) atoms. The second-order valence-electron chi connectivity index (χ2n) is 3.32. The SMILES string of the molecule is O=C(O)c1cccc2c(C(=O)O)cccc12.[Fe]. The predicted molar refractivity (Wildman–Crippen MR) is 57.9 cm³/mol. The van der Waals surface area contributed by atoms with Gasteiger partial charge < -0.3 is 10.2 Å². The molecule has 0 heterocycles. The van der Waals surface area contributed by atoms with Crippen LogP contribution in [0.2, 0.25) is 0 Å². The van der Waals surface area contributed by atoms with Crippen LogP contribution in [0.5, 0.6) is 0 Å². The molecule has 0 aliphatic rings. The molecule has 0 aromatic heterocycles. The van der Waals surface area contributed by atoms with Gasteiger partial charge in [0.1, 0.15) is 0 Å². The summed E-state index contributed by atoms with van der Waals surface area (Å²) in [4.78, 5) is 21.9. The Kier molecular flexibility index (Phi) is 3.88. The summed E-state index contributed by atoms with van der Waals surface area (Å²) in [5.41, 5.74) is 0.223. The summed E-state index contributed by atoms with van der Waals surface area (Å²) in [5, 5.41) is 18.8. The van der Waals surface area contributed by atoms with Gasteiger partial charge in [-0.2, -0.15) is 0 Å². The second kappa shape index (κ2) is 4.99. The molecule has 88 valence electrons. The molecule has 0 aliphatic heterocycles. The molecule has 0 fully saturated rings. The van der Waals surface area contributed by atoms with Crippen molar-refractivity contribution in [1.82, 2.24) is 0 Å². The predicted octanol–water partition coefficient (Wildman–Crippen LogP) is 2.23. The Hall–Kier alpha value is -1.84. The number of carboxylic acid groups (broad SMARTS) is 2. The maximum Gasteiger partial charge on any atom is 0.336 e. The molecule has 0 saturated heterocycles. The van der Waals surface area contributed by atoms with Crippen molar-refractivity contribution in [2.45, 2.75) is 0 Å². The summed E-state index contributed by atoms with van der Waals surface area (Å²) in [6.45, 7) is 0. The van der Waals surface area contributed by atoms with Crippen LogP contribution in [0.15, 0.2) is 36.4 Å². The Morgan fingerprint density at radius 2 is 1.12 bits per heavy atom.